The van der Waals surface area contributed by atoms with Gasteiger partial charge in [0, 0.05) is 22.3 Å². The number of rotatable bonds is 6. The number of fused-ring (bicyclic) bond motifs is 7. The van der Waals surface area contributed by atoms with E-state index in [2.05, 4.69) is 158 Å². The van der Waals surface area contributed by atoms with E-state index in [-0.39, 0.29) is 0 Å². The predicted octanol–water partition coefficient (Wildman–Crippen LogP) is 14.0. The molecule has 0 N–H and O–H groups in total. The molecule has 1 aromatic heterocycles. The van der Waals surface area contributed by atoms with Gasteiger partial charge in [-0.1, -0.05) is 182 Å². The van der Waals surface area contributed by atoms with Gasteiger partial charge in [-0.3, -0.25) is 0 Å². The van der Waals surface area contributed by atoms with Crippen molar-refractivity contribution >= 4 is 10.8 Å². The Hall–Kier alpha value is -8.15. The smallest absolute Gasteiger partial charge is 0.178 e. The minimum Gasteiger partial charge on any atom is -0.449 e. The van der Waals surface area contributed by atoms with Gasteiger partial charge in [-0.25, -0.2) is 15.0 Å². The third-order valence-corrected chi connectivity index (χ3v) is 12.1. The summed E-state index contributed by atoms with van der Waals surface area (Å²) in [5.41, 5.74) is 11.2. The van der Waals surface area contributed by atoms with Crippen molar-refractivity contribution in [3.05, 3.63) is 235 Å². The zero-order valence-corrected chi connectivity index (χ0v) is 32.9. The van der Waals surface area contributed by atoms with Crippen LogP contribution in [0.4, 0.5) is 0 Å². The molecule has 0 saturated heterocycles. The molecule has 1 aliphatic heterocycles. The largest absolute Gasteiger partial charge is 0.449 e. The summed E-state index contributed by atoms with van der Waals surface area (Å²) in [6.07, 6.45) is 0. The molecule has 12 rings (SSSR count). The fraction of sp³-hybridized carbons (Fsp3) is 0.0179. The summed E-state index contributed by atoms with van der Waals surface area (Å²) in [7, 11) is 0. The topological polar surface area (TPSA) is 57.1 Å². The quantitative estimate of drug-likeness (QED) is 0.168. The Kier molecular flexibility index (Phi) is 8.00. The van der Waals surface area contributed by atoms with Crippen LogP contribution in [0.25, 0.3) is 67.2 Å². The van der Waals surface area contributed by atoms with E-state index in [1.54, 1.807) is 0 Å². The molecule has 0 saturated carbocycles. The van der Waals surface area contributed by atoms with Crippen LogP contribution in [0.15, 0.2) is 212 Å². The Morgan fingerprint density at radius 3 is 1.57 bits per heavy atom. The second-order valence-electron chi connectivity index (χ2n) is 15.5. The molecule has 2 heterocycles. The van der Waals surface area contributed by atoms with Gasteiger partial charge in [0.25, 0.3) is 0 Å². The van der Waals surface area contributed by atoms with Crippen LogP contribution >= 0.6 is 0 Å². The van der Waals surface area contributed by atoms with Crippen molar-refractivity contribution in [1.82, 2.24) is 15.0 Å². The summed E-state index contributed by atoms with van der Waals surface area (Å²) in [4.78, 5) is 15.4. The third-order valence-electron chi connectivity index (χ3n) is 12.1. The predicted molar refractivity (Wildman–Crippen MR) is 243 cm³/mol. The number of hydrogen-bond acceptors (Lipinski definition) is 5. The van der Waals surface area contributed by atoms with E-state index in [0.29, 0.717) is 40.5 Å². The van der Waals surface area contributed by atoms with E-state index in [4.69, 9.17) is 24.4 Å². The van der Waals surface area contributed by atoms with Crippen LogP contribution < -0.4 is 9.47 Å². The molecule has 5 heteroatoms. The van der Waals surface area contributed by atoms with Crippen LogP contribution in [-0.2, 0) is 5.41 Å². The van der Waals surface area contributed by atoms with E-state index >= 15 is 0 Å². The summed E-state index contributed by atoms with van der Waals surface area (Å²) in [6, 6.07) is 73.7. The van der Waals surface area contributed by atoms with Gasteiger partial charge < -0.3 is 9.47 Å². The maximum Gasteiger partial charge on any atom is 0.178 e. The molecule has 5 nitrogen and oxygen atoms in total. The highest BCUT2D eigenvalue weighted by molar-refractivity contribution is 6.04. The molecule has 0 amide bonds. The maximum absolute atomic E-state index is 7.05. The van der Waals surface area contributed by atoms with Crippen LogP contribution in [0, 0.1) is 0 Å². The molecule has 0 spiro atoms. The molecule has 0 atom stereocenters. The van der Waals surface area contributed by atoms with E-state index in [9.17, 15) is 0 Å². The van der Waals surface area contributed by atoms with Crippen molar-refractivity contribution in [2.45, 2.75) is 5.41 Å². The minimum absolute atomic E-state index is 0.535. The normalized spacial score (nSPS) is 13.0. The molecule has 0 unspecified atom stereocenters. The average Bonchev–Trinajstić information content (AvgIpc) is 3.65. The first kappa shape index (κ1) is 34.9. The highest BCUT2D eigenvalue weighted by Gasteiger charge is 2.48. The van der Waals surface area contributed by atoms with Gasteiger partial charge in [0.15, 0.2) is 40.5 Å². The van der Waals surface area contributed by atoms with Crippen molar-refractivity contribution in [3.63, 3.8) is 0 Å². The molecular formula is C56H35N3O2. The first-order valence-electron chi connectivity index (χ1n) is 20.5. The van der Waals surface area contributed by atoms with E-state index < -0.39 is 5.41 Å². The van der Waals surface area contributed by atoms with E-state index in [0.717, 1.165) is 55.3 Å². The fourth-order valence-electron chi connectivity index (χ4n) is 9.41. The lowest BCUT2D eigenvalue weighted by Gasteiger charge is -2.34. The minimum atomic E-state index is -0.562. The number of ether oxygens (including phenoxy) is 2. The number of hydrogen-bond donors (Lipinski definition) is 0. The Morgan fingerprint density at radius 1 is 0.328 bits per heavy atom. The molecule has 9 aromatic carbocycles. The molecule has 0 bridgehead atoms. The highest BCUT2D eigenvalue weighted by atomic mass is 16.6. The molecule has 10 aromatic rings. The van der Waals surface area contributed by atoms with Gasteiger partial charge in [-0.2, -0.15) is 0 Å². The highest BCUT2D eigenvalue weighted by Crippen LogP contribution is 2.62. The molecule has 2 aliphatic rings. The van der Waals surface area contributed by atoms with Crippen molar-refractivity contribution in [1.29, 1.82) is 0 Å². The number of aromatic nitrogens is 3. The van der Waals surface area contributed by atoms with Gasteiger partial charge in [0.1, 0.15) is 0 Å². The maximum atomic E-state index is 7.05. The second-order valence-corrected chi connectivity index (χ2v) is 15.5. The lowest BCUT2D eigenvalue weighted by atomic mass is 9.68. The molecule has 61 heavy (non-hydrogen) atoms. The zero-order valence-electron chi connectivity index (χ0n) is 32.9. The van der Waals surface area contributed by atoms with Gasteiger partial charge in [0.05, 0.1) is 5.41 Å². The Labute approximate surface area is 353 Å². The van der Waals surface area contributed by atoms with E-state index in [1.807, 2.05) is 54.6 Å². The van der Waals surface area contributed by atoms with Gasteiger partial charge in [-0.05, 0) is 80.0 Å². The van der Waals surface area contributed by atoms with Crippen molar-refractivity contribution in [2.24, 2.45) is 0 Å². The van der Waals surface area contributed by atoms with Crippen LogP contribution in [-0.4, -0.2) is 15.0 Å². The van der Waals surface area contributed by atoms with Crippen molar-refractivity contribution in [3.8, 4) is 79.4 Å². The molecular weight excluding hydrogens is 747 g/mol. The van der Waals surface area contributed by atoms with Gasteiger partial charge in [-0.15, -0.1) is 0 Å². The lowest BCUT2D eigenvalue weighted by molar-refractivity contribution is 0.360. The van der Waals surface area contributed by atoms with Crippen LogP contribution in [0.5, 0.6) is 23.0 Å². The van der Waals surface area contributed by atoms with Crippen LogP contribution in [0.3, 0.4) is 0 Å². The molecule has 0 fully saturated rings. The Balaban J connectivity index is 1.01. The summed E-state index contributed by atoms with van der Waals surface area (Å²) < 4.78 is 13.7. The van der Waals surface area contributed by atoms with Crippen molar-refractivity contribution in [2.75, 3.05) is 0 Å². The summed E-state index contributed by atoms with van der Waals surface area (Å²) >= 11 is 0. The van der Waals surface area contributed by atoms with Crippen molar-refractivity contribution < 1.29 is 9.47 Å². The first-order chi connectivity index (χ1) is 30.2. The summed E-state index contributed by atoms with van der Waals surface area (Å²) in [5.74, 6) is 4.29. The molecule has 286 valence electrons. The number of benzene rings is 9. The third kappa shape index (κ3) is 5.52. The Morgan fingerprint density at radius 2 is 0.869 bits per heavy atom. The monoisotopic (exact) mass is 781 g/mol. The standard InChI is InChI=1S/C56H35N3O2/c1-5-17-36(18-6-1)41-30-31-44(43-26-14-13-25-42(41)43)55-58-53(37-19-7-2-8-20-37)57-54(59-55)38-29-33-48-50(35-38)61-52-49(60-48)34-32-47-51(52)45-27-15-16-28-46(45)56(47,39-21-9-3-10-22-39)40-23-11-4-12-24-40/h1-35H. The van der Waals surface area contributed by atoms with Gasteiger partial charge in [0.2, 0.25) is 0 Å². The van der Waals surface area contributed by atoms with Crippen LogP contribution in [0.2, 0.25) is 0 Å². The van der Waals surface area contributed by atoms with E-state index in [1.165, 1.54) is 16.7 Å². The summed E-state index contributed by atoms with van der Waals surface area (Å²) in [5, 5.41) is 2.19. The fourth-order valence-corrected chi connectivity index (χ4v) is 9.41. The van der Waals surface area contributed by atoms with Gasteiger partial charge >= 0.3 is 0 Å². The zero-order chi connectivity index (χ0) is 40.3. The number of nitrogens with zero attached hydrogens (tertiary/aromatic N) is 3. The summed E-state index contributed by atoms with van der Waals surface area (Å²) in [6.45, 7) is 0. The lowest BCUT2D eigenvalue weighted by Crippen LogP contribution is -2.28. The molecule has 1 aliphatic carbocycles. The van der Waals surface area contributed by atoms with Crippen LogP contribution in [0.1, 0.15) is 22.3 Å². The first-order valence-corrected chi connectivity index (χ1v) is 20.5. The Bertz CT molecular complexity index is 3260. The second kappa shape index (κ2) is 14.0. The average molecular weight is 782 g/mol. The SMILES string of the molecule is c1ccc(-c2nc(-c3ccc4c(c3)Oc3c(ccc5c3-c3ccccc3C5(c3ccccc3)c3ccccc3)O4)nc(-c3ccc(-c4ccccc4)c4ccccc34)n2)cc1. The molecule has 0 radical (unpaired) electrons.